The van der Waals surface area contributed by atoms with E-state index in [2.05, 4.69) is 43.7 Å². The molecule has 0 saturated heterocycles. The number of rotatable bonds is 2. The van der Waals surface area contributed by atoms with Crippen LogP contribution in [-0.4, -0.2) is 10.9 Å². The number of hydrogen-bond donors (Lipinski definition) is 2. The number of carbonyl (C=O) groups excluding carboxylic acids is 1. The zero-order valence-electron chi connectivity index (χ0n) is 12.0. The van der Waals surface area contributed by atoms with Crippen molar-refractivity contribution < 1.29 is 4.79 Å². The average molecular weight is 306 g/mol. The van der Waals surface area contributed by atoms with Crippen LogP contribution in [0.4, 0.5) is 5.13 Å². The maximum atomic E-state index is 12.3. The number of hydrogen-bond acceptors (Lipinski definition) is 4. The molecule has 3 nitrogen and oxygen atoms in total. The number of aryl methyl sites for hydroxylation is 1. The molecule has 1 aromatic carbocycles. The molecule has 0 radical (unpaired) electrons. The molecular weight excluding hydrogens is 288 g/mol. The quantitative estimate of drug-likeness (QED) is 0.813. The second kappa shape index (κ2) is 5.58. The predicted molar refractivity (Wildman–Crippen MR) is 87.2 cm³/mol. The van der Waals surface area contributed by atoms with E-state index in [1.54, 1.807) is 6.07 Å². The van der Waals surface area contributed by atoms with Gasteiger partial charge in [0.2, 0.25) is 0 Å². The summed E-state index contributed by atoms with van der Waals surface area (Å²) in [5, 5.41) is 5.47. The maximum Gasteiger partial charge on any atom is 0.257 e. The third-order valence-corrected chi connectivity index (χ3v) is 3.99. The van der Waals surface area contributed by atoms with Gasteiger partial charge in [0, 0.05) is 21.3 Å². The predicted octanol–water partition coefficient (Wildman–Crippen LogP) is 4.29. The second-order valence-electron chi connectivity index (χ2n) is 5.74. The molecule has 0 fully saturated rings. The smallest absolute Gasteiger partial charge is 0.257 e. The first kappa shape index (κ1) is 15.1. The van der Waals surface area contributed by atoms with Crippen LogP contribution in [0.5, 0.6) is 0 Å². The van der Waals surface area contributed by atoms with Crippen LogP contribution < -0.4 is 5.32 Å². The lowest BCUT2D eigenvalue weighted by Crippen LogP contribution is -2.15. The fraction of sp³-hybridized carbons (Fsp3) is 0.333. The summed E-state index contributed by atoms with van der Waals surface area (Å²) in [5.41, 5.74) is 2.52. The summed E-state index contributed by atoms with van der Waals surface area (Å²) in [7, 11) is 0. The standard InChI is InChI=1S/C15H18N2OS2/c1-9-5-6-10(19)7-11(9)13(18)17-14-16-12(8-20-14)15(2,3)4/h5-8,19H,1-4H3,(H,16,17,18). The molecule has 2 aromatic rings. The highest BCUT2D eigenvalue weighted by atomic mass is 32.1. The minimum absolute atomic E-state index is 0.0135. The molecule has 1 N–H and O–H groups in total. The number of nitrogens with zero attached hydrogens (tertiary/aromatic N) is 1. The van der Waals surface area contributed by atoms with Gasteiger partial charge in [0.05, 0.1) is 5.69 Å². The summed E-state index contributed by atoms with van der Waals surface area (Å²) in [6, 6.07) is 5.53. The van der Waals surface area contributed by atoms with E-state index in [9.17, 15) is 4.79 Å². The van der Waals surface area contributed by atoms with Gasteiger partial charge in [0.25, 0.3) is 5.91 Å². The Morgan fingerprint density at radius 2 is 2.05 bits per heavy atom. The van der Waals surface area contributed by atoms with Gasteiger partial charge in [-0.2, -0.15) is 0 Å². The van der Waals surface area contributed by atoms with Crippen molar-refractivity contribution in [1.82, 2.24) is 4.98 Å². The maximum absolute atomic E-state index is 12.3. The summed E-state index contributed by atoms with van der Waals surface area (Å²) in [5.74, 6) is -0.145. The van der Waals surface area contributed by atoms with E-state index in [1.165, 1.54) is 11.3 Å². The van der Waals surface area contributed by atoms with E-state index in [0.717, 1.165) is 16.2 Å². The van der Waals surface area contributed by atoms with E-state index in [1.807, 2.05) is 24.4 Å². The molecule has 0 bridgehead atoms. The van der Waals surface area contributed by atoms with Crippen molar-refractivity contribution in [1.29, 1.82) is 0 Å². The first-order chi connectivity index (χ1) is 9.27. The van der Waals surface area contributed by atoms with Crippen LogP contribution in [0, 0.1) is 6.92 Å². The van der Waals surface area contributed by atoms with Crippen molar-refractivity contribution in [2.45, 2.75) is 38.0 Å². The second-order valence-corrected chi connectivity index (χ2v) is 7.12. The Balaban J connectivity index is 2.20. The van der Waals surface area contributed by atoms with Gasteiger partial charge >= 0.3 is 0 Å². The molecule has 0 spiro atoms. The largest absolute Gasteiger partial charge is 0.298 e. The Labute approximate surface area is 128 Å². The first-order valence-corrected chi connectivity index (χ1v) is 7.67. The number of benzene rings is 1. The lowest BCUT2D eigenvalue weighted by Gasteiger charge is -2.14. The zero-order valence-corrected chi connectivity index (χ0v) is 13.7. The average Bonchev–Trinajstić information content (AvgIpc) is 2.80. The molecule has 106 valence electrons. The molecule has 1 amide bonds. The highest BCUT2D eigenvalue weighted by Crippen LogP contribution is 2.27. The Morgan fingerprint density at radius 1 is 1.35 bits per heavy atom. The fourth-order valence-corrected chi connectivity index (χ4v) is 2.83. The van der Waals surface area contributed by atoms with E-state index < -0.39 is 0 Å². The molecule has 0 saturated carbocycles. The topological polar surface area (TPSA) is 42.0 Å². The summed E-state index contributed by atoms with van der Waals surface area (Å²) in [6.45, 7) is 8.21. The van der Waals surface area contributed by atoms with Crippen LogP contribution in [0.25, 0.3) is 0 Å². The van der Waals surface area contributed by atoms with Gasteiger partial charge in [-0.15, -0.1) is 24.0 Å². The Kier molecular flexibility index (Phi) is 4.20. The summed E-state index contributed by atoms with van der Waals surface area (Å²) in [6.07, 6.45) is 0. The van der Waals surface area contributed by atoms with Gasteiger partial charge in [-0.1, -0.05) is 26.8 Å². The van der Waals surface area contributed by atoms with E-state index in [-0.39, 0.29) is 11.3 Å². The molecule has 0 aliphatic rings. The minimum atomic E-state index is -0.145. The summed E-state index contributed by atoms with van der Waals surface area (Å²) < 4.78 is 0. The van der Waals surface area contributed by atoms with Crippen LogP contribution in [0.1, 0.15) is 42.4 Å². The zero-order chi connectivity index (χ0) is 14.9. The number of thiol groups is 1. The van der Waals surface area contributed by atoms with Crippen LogP contribution >= 0.6 is 24.0 Å². The Hall–Kier alpha value is -1.33. The van der Waals surface area contributed by atoms with E-state index in [4.69, 9.17) is 0 Å². The number of aromatic nitrogens is 1. The third kappa shape index (κ3) is 3.41. The minimum Gasteiger partial charge on any atom is -0.298 e. The highest BCUT2D eigenvalue weighted by Gasteiger charge is 2.18. The van der Waals surface area contributed by atoms with Crippen LogP contribution in [0.3, 0.4) is 0 Å². The SMILES string of the molecule is Cc1ccc(S)cc1C(=O)Nc1nc(C(C)(C)C)cs1. The Morgan fingerprint density at radius 3 is 2.65 bits per heavy atom. The molecule has 5 heteroatoms. The first-order valence-electron chi connectivity index (χ1n) is 6.34. The number of thiazole rings is 1. The van der Waals surface area contributed by atoms with Crippen LogP contribution in [0.15, 0.2) is 28.5 Å². The van der Waals surface area contributed by atoms with Gasteiger partial charge in [-0.25, -0.2) is 4.98 Å². The molecule has 1 aromatic heterocycles. The van der Waals surface area contributed by atoms with Crippen molar-refractivity contribution in [2.24, 2.45) is 0 Å². The lowest BCUT2D eigenvalue weighted by atomic mass is 9.93. The van der Waals surface area contributed by atoms with E-state index >= 15 is 0 Å². The number of amides is 1. The molecule has 0 unspecified atom stereocenters. The van der Waals surface area contributed by atoms with Gasteiger partial charge in [-0.3, -0.25) is 10.1 Å². The fourth-order valence-electron chi connectivity index (χ4n) is 1.69. The molecular formula is C15H18N2OS2. The third-order valence-electron chi connectivity index (χ3n) is 2.96. The van der Waals surface area contributed by atoms with Crippen molar-refractivity contribution >= 4 is 35.0 Å². The van der Waals surface area contributed by atoms with Crippen molar-refractivity contribution in [2.75, 3.05) is 5.32 Å². The Bertz CT molecular complexity index is 642. The highest BCUT2D eigenvalue weighted by molar-refractivity contribution is 7.80. The number of nitrogens with one attached hydrogen (secondary N) is 1. The van der Waals surface area contributed by atoms with Gasteiger partial charge in [0.1, 0.15) is 0 Å². The number of anilines is 1. The summed E-state index contributed by atoms with van der Waals surface area (Å²) >= 11 is 5.72. The van der Waals surface area contributed by atoms with Gasteiger partial charge in [0.15, 0.2) is 5.13 Å². The molecule has 0 aliphatic carbocycles. The van der Waals surface area contributed by atoms with Crippen molar-refractivity contribution in [3.8, 4) is 0 Å². The molecule has 2 rings (SSSR count). The lowest BCUT2D eigenvalue weighted by molar-refractivity contribution is 0.102. The molecule has 0 aliphatic heterocycles. The van der Waals surface area contributed by atoms with Crippen molar-refractivity contribution in [3.05, 3.63) is 40.4 Å². The monoisotopic (exact) mass is 306 g/mol. The number of carbonyl (C=O) groups is 1. The van der Waals surface area contributed by atoms with Crippen LogP contribution in [0.2, 0.25) is 0 Å². The van der Waals surface area contributed by atoms with Crippen LogP contribution in [-0.2, 0) is 5.41 Å². The summed E-state index contributed by atoms with van der Waals surface area (Å²) in [4.78, 5) is 17.5. The van der Waals surface area contributed by atoms with E-state index in [0.29, 0.717) is 10.7 Å². The van der Waals surface area contributed by atoms with Gasteiger partial charge in [-0.05, 0) is 24.6 Å². The molecule has 1 heterocycles. The molecule has 0 atom stereocenters. The van der Waals surface area contributed by atoms with Crippen molar-refractivity contribution in [3.63, 3.8) is 0 Å². The molecule has 20 heavy (non-hydrogen) atoms. The normalized spacial score (nSPS) is 11.4. The van der Waals surface area contributed by atoms with Gasteiger partial charge < -0.3 is 0 Å².